The summed E-state index contributed by atoms with van der Waals surface area (Å²) in [5.41, 5.74) is 2.37. The van der Waals surface area contributed by atoms with Gasteiger partial charge in [-0.2, -0.15) is 0 Å². The maximum atomic E-state index is 12.1. The average molecular weight is 386 g/mol. The molecule has 0 aliphatic carbocycles. The van der Waals surface area contributed by atoms with Crippen molar-refractivity contribution in [3.63, 3.8) is 0 Å². The lowest BCUT2D eigenvalue weighted by Crippen LogP contribution is -2.18. The van der Waals surface area contributed by atoms with E-state index < -0.39 is 0 Å². The van der Waals surface area contributed by atoms with E-state index in [0.29, 0.717) is 17.1 Å². The third-order valence-electron chi connectivity index (χ3n) is 3.56. The van der Waals surface area contributed by atoms with Crippen molar-refractivity contribution in [1.29, 1.82) is 0 Å². The molecule has 1 heterocycles. The number of nitrogens with zero attached hydrogens (tertiary/aromatic N) is 1. The monoisotopic (exact) mass is 385 g/mol. The number of hydrogen-bond donors (Lipinski definition) is 2. The van der Waals surface area contributed by atoms with Crippen molar-refractivity contribution in [3.05, 3.63) is 48.5 Å². The van der Waals surface area contributed by atoms with Gasteiger partial charge in [0.1, 0.15) is 0 Å². The molecule has 0 atom stereocenters. The first kappa shape index (κ1) is 18.4. The van der Waals surface area contributed by atoms with Gasteiger partial charge in [-0.3, -0.25) is 9.59 Å². The van der Waals surface area contributed by atoms with Crippen molar-refractivity contribution >= 4 is 56.5 Å². The molecule has 5 nitrogen and oxygen atoms in total. The second-order valence-corrected chi connectivity index (χ2v) is 8.26. The van der Waals surface area contributed by atoms with Gasteiger partial charge in [0.05, 0.1) is 16.0 Å². The summed E-state index contributed by atoms with van der Waals surface area (Å²) in [5.74, 6) is 0.0993. The first-order valence-electron chi connectivity index (χ1n) is 8.20. The smallest absolute Gasteiger partial charge is 0.234 e. The molecular formula is C19H19N3O2S2. The van der Waals surface area contributed by atoms with E-state index in [9.17, 15) is 9.59 Å². The first-order valence-corrected chi connectivity index (χ1v) is 10.0. The molecule has 3 aromatic rings. The maximum absolute atomic E-state index is 12.1. The van der Waals surface area contributed by atoms with Crippen LogP contribution in [0.5, 0.6) is 0 Å². The van der Waals surface area contributed by atoms with Gasteiger partial charge in [-0.1, -0.05) is 37.7 Å². The van der Waals surface area contributed by atoms with Gasteiger partial charge in [0.15, 0.2) is 4.34 Å². The number of fused-ring (bicyclic) bond motifs is 1. The number of para-hydroxylation sites is 1. The Hall–Kier alpha value is -2.38. The number of benzene rings is 2. The molecule has 3 rings (SSSR count). The van der Waals surface area contributed by atoms with Gasteiger partial charge < -0.3 is 10.6 Å². The van der Waals surface area contributed by atoms with Gasteiger partial charge in [-0.05, 0) is 36.4 Å². The fourth-order valence-corrected chi connectivity index (χ4v) is 4.03. The Morgan fingerprint density at radius 3 is 2.35 bits per heavy atom. The van der Waals surface area contributed by atoms with Crippen molar-refractivity contribution in [3.8, 4) is 0 Å². The van der Waals surface area contributed by atoms with Crippen molar-refractivity contribution in [2.24, 2.45) is 5.92 Å². The summed E-state index contributed by atoms with van der Waals surface area (Å²) in [5, 5.41) is 5.67. The molecule has 2 N–H and O–H groups in total. The van der Waals surface area contributed by atoms with Gasteiger partial charge in [-0.25, -0.2) is 4.98 Å². The Balaban J connectivity index is 1.52. The molecule has 0 fully saturated rings. The Morgan fingerprint density at radius 2 is 1.69 bits per heavy atom. The third-order valence-corrected chi connectivity index (χ3v) is 5.74. The molecule has 0 bridgehead atoms. The molecule has 0 spiro atoms. The Bertz CT molecular complexity index is 887. The fraction of sp³-hybridized carbons (Fsp3) is 0.211. The lowest BCUT2D eigenvalue weighted by Gasteiger charge is -2.09. The molecule has 26 heavy (non-hydrogen) atoms. The first-order chi connectivity index (χ1) is 12.5. The molecule has 7 heteroatoms. The number of rotatable bonds is 6. The quantitative estimate of drug-likeness (QED) is 0.607. The molecular weight excluding hydrogens is 366 g/mol. The SMILES string of the molecule is CC(C)C(=O)Nc1ccc(NC(=O)CSc2nc3ccccc3s2)cc1. The van der Waals surface area contributed by atoms with Gasteiger partial charge in [0, 0.05) is 17.3 Å². The zero-order valence-electron chi connectivity index (χ0n) is 14.5. The highest BCUT2D eigenvalue weighted by molar-refractivity contribution is 8.01. The van der Waals surface area contributed by atoms with Gasteiger partial charge in [-0.15, -0.1) is 11.3 Å². The van der Waals surface area contributed by atoms with Crippen LogP contribution in [0.25, 0.3) is 10.2 Å². The van der Waals surface area contributed by atoms with E-state index in [4.69, 9.17) is 0 Å². The largest absolute Gasteiger partial charge is 0.326 e. The highest BCUT2D eigenvalue weighted by atomic mass is 32.2. The van der Waals surface area contributed by atoms with Crippen LogP contribution in [0.3, 0.4) is 0 Å². The number of thioether (sulfide) groups is 1. The van der Waals surface area contributed by atoms with Gasteiger partial charge in [0.25, 0.3) is 0 Å². The van der Waals surface area contributed by atoms with E-state index in [1.54, 1.807) is 35.6 Å². The van der Waals surface area contributed by atoms with Crippen LogP contribution in [-0.4, -0.2) is 22.6 Å². The number of carbonyl (C=O) groups is 2. The van der Waals surface area contributed by atoms with E-state index in [1.165, 1.54) is 11.8 Å². The number of nitrogens with one attached hydrogen (secondary N) is 2. The van der Waals surface area contributed by atoms with E-state index in [0.717, 1.165) is 14.6 Å². The average Bonchev–Trinajstić information content (AvgIpc) is 3.04. The van der Waals surface area contributed by atoms with E-state index in [2.05, 4.69) is 15.6 Å². The minimum atomic E-state index is -0.0896. The summed E-state index contributed by atoms with van der Waals surface area (Å²) in [6, 6.07) is 15.0. The number of aromatic nitrogens is 1. The van der Waals surface area contributed by atoms with Crippen molar-refractivity contribution in [2.75, 3.05) is 16.4 Å². The second-order valence-electron chi connectivity index (χ2n) is 6.01. The molecule has 0 radical (unpaired) electrons. The molecule has 0 unspecified atom stereocenters. The number of hydrogen-bond acceptors (Lipinski definition) is 5. The molecule has 0 saturated carbocycles. The highest BCUT2D eigenvalue weighted by Crippen LogP contribution is 2.29. The maximum Gasteiger partial charge on any atom is 0.234 e. The molecule has 1 aromatic heterocycles. The minimum absolute atomic E-state index is 0.0333. The van der Waals surface area contributed by atoms with Crippen LogP contribution >= 0.6 is 23.1 Å². The van der Waals surface area contributed by atoms with Crippen molar-refractivity contribution in [1.82, 2.24) is 4.98 Å². The lowest BCUT2D eigenvalue weighted by atomic mass is 10.2. The number of carbonyl (C=O) groups excluding carboxylic acids is 2. The summed E-state index contributed by atoms with van der Waals surface area (Å²) in [6.45, 7) is 3.68. The third kappa shape index (κ3) is 4.83. The number of thiazole rings is 1. The highest BCUT2D eigenvalue weighted by Gasteiger charge is 2.09. The summed E-state index contributed by atoms with van der Waals surface area (Å²) in [6.07, 6.45) is 0. The molecule has 0 aliphatic heterocycles. The Kier molecular flexibility index (Phi) is 5.90. The summed E-state index contributed by atoms with van der Waals surface area (Å²) < 4.78 is 2.00. The summed E-state index contributed by atoms with van der Waals surface area (Å²) in [7, 11) is 0. The number of anilines is 2. The molecule has 134 valence electrons. The normalized spacial score (nSPS) is 10.9. The lowest BCUT2D eigenvalue weighted by molar-refractivity contribution is -0.119. The van der Waals surface area contributed by atoms with Gasteiger partial charge >= 0.3 is 0 Å². The van der Waals surface area contributed by atoms with Crippen LogP contribution < -0.4 is 10.6 Å². The zero-order chi connectivity index (χ0) is 18.5. The van der Waals surface area contributed by atoms with E-state index in [1.807, 2.05) is 38.1 Å². The predicted molar refractivity (Wildman–Crippen MR) is 109 cm³/mol. The van der Waals surface area contributed by atoms with Crippen LogP contribution in [0.4, 0.5) is 11.4 Å². The van der Waals surface area contributed by atoms with Crippen molar-refractivity contribution < 1.29 is 9.59 Å². The Morgan fingerprint density at radius 1 is 1.04 bits per heavy atom. The second kappa shape index (κ2) is 8.33. The van der Waals surface area contributed by atoms with Crippen LogP contribution in [0.15, 0.2) is 52.9 Å². The summed E-state index contributed by atoms with van der Waals surface area (Å²) >= 11 is 3.01. The Labute approximate surface area is 160 Å². The zero-order valence-corrected chi connectivity index (χ0v) is 16.1. The van der Waals surface area contributed by atoms with Crippen molar-refractivity contribution in [2.45, 2.75) is 18.2 Å². The van der Waals surface area contributed by atoms with Crippen LogP contribution in [0.1, 0.15) is 13.8 Å². The molecule has 2 amide bonds. The molecule has 0 saturated heterocycles. The molecule has 0 aliphatic rings. The van der Waals surface area contributed by atoms with Crippen LogP contribution in [0, 0.1) is 5.92 Å². The minimum Gasteiger partial charge on any atom is -0.326 e. The fourth-order valence-electron chi connectivity index (χ4n) is 2.16. The molecule has 2 aromatic carbocycles. The van der Waals surface area contributed by atoms with E-state index >= 15 is 0 Å². The number of amides is 2. The summed E-state index contributed by atoms with van der Waals surface area (Å²) in [4.78, 5) is 28.3. The van der Waals surface area contributed by atoms with Gasteiger partial charge in [0.2, 0.25) is 11.8 Å². The van der Waals surface area contributed by atoms with E-state index in [-0.39, 0.29) is 17.7 Å². The van der Waals surface area contributed by atoms with Crippen LogP contribution in [0.2, 0.25) is 0 Å². The standard InChI is InChI=1S/C19H19N3O2S2/c1-12(2)18(24)21-14-9-7-13(8-10-14)20-17(23)11-25-19-22-15-5-3-4-6-16(15)26-19/h3-10,12H,11H2,1-2H3,(H,20,23)(H,21,24). The predicted octanol–water partition coefficient (Wildman–Crippen LogP) is 4.62. The topological polar surface area (TPSA) is 71.1 Å². The van der Waals surface area contributed by atoms with Crippen LogP contribution in [-0.2, 0) is 9.59 Å².